The number of nitrogens with one attached hydrogen (secondary N) is 1. The number of aryl methyl sites for hydroxylation is 2. The Kier molecular flexibility index (Phi) is 5.76. The maximum absolute atomic E-state index is 4.83. The van der Waals surface area contributed by atoms with Gasteiger partial charge in [-0.15, -0.1) is 0 Å². The third kappa shape index (κ3) is 3.99. The molecule has 0 bridgehead atoms. The zero-order valence-corrected chi connectivity index (χ0v) is 13.4. The van der Waals surface area contributed by atoms with Crippen LogP contribution in [0.2, 0.25) is 0 Å². The highest BCUT2D eigenvalue weighted by Crippen LogP contribution is 2.22. The number of thioether (sulfide) groups is 1. The Morgan fingerprint density at radius 3 is 2.63 bits per heavy atom. The topological polar surface area (TPSA) is 29.9 Å². The quantitative estimate of drug-likeness (QED) is 0.706. The molecule has 0 amide bonds. The van der Waals surface area contributed by atoms with Gasteiger partial charge in [0.2, 0.25) is 0 Å². The summed E-state index contributed by atoms with van der Waals surface area (Å²) in [5.41, 5.74) is 4.21. The molecule has 1 aliphatic carbocycles. The van der Waals surface area contributed by atoms with Crippen LogP contribution in [-0.2, 0) is 25.9 Å². The molecule has 19 heavy (non-hydrogen) atoms. The van der Waals surface area contributed by atoms with E-state index in [0.29, 0.717) is 0 Å². The lowest BCUT2D eigenvalue weighted by atomic mass is 10.1. The van der Waals surface area contributed by atoms with Crippen molar-refractivity contribution in [2.24, 2.45) is 0 Å². The molecule has 1 aromatic rings. The summed E-state index contributed by atoms with van der Waals surface area (Å²) >= 11 is 2.00. The normalized spacial score (nSPS) is 15.1. The molecule has 0 aliphatic heterocycles. The smallest absolute Gasteiger partial charge is 0.0669 e. The average molecular weight is 281 g/mol. The summed E-state index contributed by atoms with van der Waals surface area (Å²) in [6, 6.07) is 0.772. The summed E-state index contributed by atoms with van der Waals surface area (Å²) in [5, 5.41) is 8.48. The molecule has 0 saturated heterocycles. The lowest BCUT2D eigenvalue weighted by Crippen LogP contribution is -2.17. The summed E-state index contributed by atoms with van der Waals surface area (Å²) < 4.78 is 2.26. The molecule has 0 atom stereocenters. The molecule has 1 saturated carbocycles. The maximum Gasteiger partial charge on any atom is 0.0669 e. The van der Waals surface area contributed by atoms with Crippen LogP contribution in [0.4, 0.5) is 0 Å². The van der Waals surface area contributed by atoms with Crippen LogP contribution in [0.5, 0.6) is 0 Å². The van der Waals surface area contributed by atoms with Crippen molar-refractivity contribution in [1.29, 1.82) is 0 Å². The predicted octanol–water partition coefficient (Wildman–Crippen LogP) is 3.01. The van der Waals surface area contributed by atoms with Crippen molar-refractivity contribution >= 4 is 11.8 Å². The van der Waals surface area contributed by atoms with Crippen molar-refractivity contribution in [2.75, 3.05) is 11.5 Å². The van der Waals surface area contributed by atoms with E-state index in [1.807, 2.05) is 11.8 Å². The van der Waals surface area contributed by atoms with E-state index in [-0.39, 0.29) is 0 Å². The van der Waals surface area contributed by atoms with Crippen LogP contribution >= 0.6 is 11.8 Å². The van der Waals surface area contributed by atoms with E-state index in [0.717, 1.165) is 32.0 Å². The highest BCUT2D eigenvalue weighted by atomic mass is 32.2. The molecule has 1 N–H and O–H groups in total. The number of hydrogen-bond donors (Lipinski definition) is 1. The first-order valence-corrected chi connectivity index (χ1v) is 8.84. The van der Waals surface area contributed by atoms with Gasteiger partial charge in [-0.05, 0) is 31.4 Å². The molecule has 0 spiro atoms. The van der Waals surface area contributed by atoms with E-state index < -0.39 is 0 Å². The van der Waals surface area contributed by atoms with E-state index in [9.17, 15) is 0 Å². The Bertz CT molecular complexity index is 396. The zero-order valence-electron chi connectivity index (χ0n) is 12.5. The molecule has 4 heteroatoms. The van der Waals surface area contributed by atoms with Gasteiger partial charge in [-0.1, -0.05) is 20.8 Å². The summed E-state index contributed by atoms with van der Waals surface area (Å²) in [7, 11) is 0. The predicted molar refractivity (Wildman–Crippen MR) is 83.8 cm³/mol. The second kappa shape index (κ2) is 7.34. The van der Waals surface area contributed by atoms with Crippen LogP contribution in [0.15, 0.2) is 0 Å². The molecular weight excluding hydrogens is 254 g/mol. The van der Waals surface area contributed by atoms with Gasteiger partial charge in [-0.2, -0.15) is 16.9 Å². The van der Waals surface area contributed by atoms with Gasteiger partial charge in [-0.25, -0.2) is 0 Å². The Morgan fingerprint density at radius 2 is 2.05 bits per heavy atom. The Balaban J connectivity index is 2.08. The monoisotopic (exact) mass is 281 g/mol. The number of nitrogens with zero attached hydrogens (tertiary/aromatic N) is 2. The second-order valence-electron chi connectivity index (χ2n) is 5.15. The van der Waals surface area contributed by atoms with Crippen LogP contribution in [0.25, 0.3) is 0 Å². The third-order valence-corrected chi connectivity index (χ3v) is 4.60. The van der Waals surface area contributed by atoms with Crippen molar-refractivity contribution in [1.82, 2.24) is 15.1 Å². The fourth-order valence-corrected chi connectivity index (χ4v) is 3.08. The minimum atomic E-state index is 0.772. The second-order valence-corrected chi connectivity index (χ2v) is 6.55. The van der Waals surface area contributed by atoms with E-state index in [1.165, 1.54) is 41.3 Å². The highest BCUT2D eigenvalue weighted by Gasteiger charge is 2.22. The molecule has 1 fully saturated rings. The van der Waals surface area contributed by atoms with Gasteiger partial charge in [0.05, 0.1) is 12.2 Å². The van der Waals surface area contributed by atoms with Crippen LogP contribution in [0.1, 0.15) is 50.6 Å². The summed E-state index contributed by atoms with van der Waals surface area (Å²) in [6.07, 6.45) is 4.84. The van der Waals surface area contributed by atoms with Crippen molar-refractivity contribution in [3.05, 3.63) is 17.0 Å². The van der Waals surface area contributed by atoms with Gasteiger partial charge in [0.25, 0.3) is 0 Å². The fraction of sp³-hybridized carbons (Fsp3) is 0.800. The van der Waals surface area contributed by atoms with Crippen LogP contribution in [0, 0.1) is 0 Å². The Hall–Kier alpha value is -0.480. The minimum absolute atomic E-state index is 0.772. The number of aromatic nitrogens is 2. The van der Waals surface area contributed by atoms with Crippen LogP contribution in [0.3, 0.4) is 0 Å². The lowest BCUT2D eigenvalue weighted by molar-refractivity contribution is 0.619. The molecular formula is C15H27N3S. The van der Waals surface area contributed by atoms with Crippen molar-refractivity contribution in [2.45, 2.75) is 65.6 Å². The summed E-state index contributed by atoms with van der Waals surface area (Å²) in [4.78, 5) is 0. The lowest BCUT2D eigenvalue weighted by Gasteiger charge is -2.08. The van der Waals surface area contributed by atoms with Gasteiger partial charge in [0.15, 0.2) is 0 Å². The summed E-state index contributed by atoms with van der Waals surface area (Å²) in [5.74, 6) is 2.36. The third-order valence-electron chi connectivity index (χ3n) is 3.72. The first-order chi connectivity index (χ1) is 9.30. The van der Waals surface area contributed by atoms with Gasteiger partial charge in [0.1, 0.15) is 0 Å². The minimum Gasteiger partial charge on any atom is -0.310 e. The molecule has 0 unspecified atom stereocenters. The zero-order chi connectivity index (χ0) is 13.7. The van der Waals surface area contributed by atoms with E-state index >= 15 is 0 Å². The van der Waals surface area contributed by atoms with Crippen molar-refractivity contribution < 1.29 is 0 Å². The van der Waals surface area contributed by atoms with Crippen molar-refractivity contribution in [3.8, 4) is 0 Å². The molecule has 108 valence electrons. The highest BCUT2D eigenvalue weighted by molar-refractivity contribution is 7.99. The Labute approximate surface area is 121 Å². The van der Waals surface area contributed by atoms with E-state index in [2.05, 4.69) is 30.8 Å². The Morgan fingerprint density at radius 1 is 1.26 bits per heavy atom. The van der Waals surface area contributed by atoms with Crippen LogP contribution < -0.4 is 5.32 Å². The summed E-state index contributed by atoms with van der Waals surface area (Å²) in [6.45, 7) is 8.75. The number of hydrogen-bond acceptors (Lipinski definition) is 3. The molecule has 0 radical (unpaired) electrons. The molecule has 3 nitrogen and oxygen atoms in total. The van der Waals surface area contributed by atoms with Gasteiger partial charge >= 0.3 is 0 Å². The van der Waals surface area contributed by atoms with Gasteiger partial charge < -0.3 is 5.32 Å². The average Bonchev–Trinajstić information content (AvgIpc) is 3.18. The molecule has 0 aromatic carbocycles. The van der Waals surface area contributed by atoms with Gasteiger partial charge in [-0.3, -0.25) is 4.68 Å². The molecule has 1 aromatic heterocycles. The standard InChI is InChI=1S/C15H27N3S/c1-4-14-13(11-16-12-7-8-12)15(5-2)18(17-14)9-10-19-6-3/h12,16H,4-11H2,1-3H3. The van der Waals surface area contributed by atoms with E-state index in [4.69, 9.17) is 5.10 Å². The first-order valence-electron chi connectivity index (χ1n) is 7.68. The maximum atomic E-state index is 4.83. The molecule has 1 aliphatic rings. The molecule has 1 heterocycles. The van der Waals surface area contributed by atoms with Gasteiger partial charge in [0, 0.05) is 29.6 Å². The van der Waals surface area contributed by atoms with Crippen LogP contribution in [-0.4, -0.2) is 27.3 Å². The van der Waals surface area contributed by atoms with Crippen molar-refractivity contribution in [3.63, 3.8) is 0 Å². The largest absolute Gasteiger partial charge is 0.310 e. The molecule has 2 rings (SSSR count). The van der Waals surface area contributed by atoms with E-state index in [1.54, 1.807) is 0 Å². The SMILES string of the molecule is CCSCCn1nc(CC)c(CNC2CC2)c1CC. The fourth-order valence-electron chi connectivity index (χ4n) is 2.49. The number of rotatable bonds is 9. The first kappa shape index (κ1) is 14.9.